The van der Waals surface area contributed by atoms with Crippen LogP contribution in [0.15, 0.2) is 41.4 Å². The molecule has 0 aliphatic carbocycles. The number of aliphatic imine (C=N–C) groups is 1. The zero-order chi connectivity index (χ0) is 17.4. The Kier molecular flexibility index (Phi) is 7.15. The van der Waals surface area contributed by atoms with E-state index in [9.17, 15) is 4.39 Å². The van der Waals surface area contributed by atoms with Gasteiger partial charge in [0.05, 0.1) is 10.2 Å². The second-order valence-corrected chi connectivity index (χ2v) is 5.99. The Morgan fingerprint density at radius 3 is 2.42 bits per heavy atom. The van der Waals surface area contributed by atoms with Crippen LogP contribution in [0, 0.1) is 17.7 Å². The lowest BCUT2D eigenvalue weighted by Crippen LogP contribution is -1.86. The zero-order valence-electron chi connectivity index (χ0n) is 13.4. The van der Waals surface area contributed by atoms with Crippen LogP contribution in [0.4, 0.5) is 10.1 Å². The van der Waals surface area contributed by atoms with E-state index in [1.807, 2.05) is 12.1 Å². The summed E-state index contributed by atoms with van der Waals surface area (Å²) in [5.41, 5.74) is 2.68. The number of unbranched alkanes of at least 4 members (excludes halogenated alkanes) is 2. The molecule has 0 radical (unpaired) electrons. The summed E-state index contributed by atoms with van der Waals surface area (Å²) < 4.78 is 13.9. The van der Waals surface area contributed by atoms with Crippen LogP contribution in [0.25, 0.3) is 0 Å². The summed E-state index contributed by atoms with van der Waals surface area (Å²) in [5.74, 6) is 5.38. The van der Waals surface area contributed by atoms with E-state index in [0.717, 1.165) is 12.0 Å². The van der Waals surface area contributed by atoms with Gasteiger partial charge in [0.15, 0.2) is 5.82 Å². The molecule has 1 nitrogen and oxygen atoms in total. The number of benzene rings is 2. The van der Waals surface area contributed by atoms with Crippen molar-refractivity contribution in [2.24, 2.45) is 4.99 Å². The van der Waals surface area contributed by atoms with Crippen LogP contribution in [0.1, 0.15) is 42.9 Å². The van der Waals surface area contributed by atoms with Gasteiger partial charge in [-0.05, 0) is 54.9 Å². The predicted octanol–water partition coefficient (Wildman–Crippen LogP) is 6.35. The van der Waals surface area contributed by atoms with Crippen molar-refractivity contribution in [2.75, 3.05) is 0 Å². The molecular formula is C20H17ClFNS. The van der Waals surface area contributed by atoms with Crippen molar-refractivity contribution in [2.45, 2.75) is 32.6 Å². The molecule has 0 saturated carbocycles. The Morgan fingerprint density at radius 2 is 1.79 bits per heavy atom. The average Bonchev–Trinajstić information content (AvgIpc) is 2.58. The van der Waals surface area contributed by atoms with E-state index in [0.29, 0.717) is 5.56 Å². The van der Waals surface area contributed by atoms with E-state index in [2.05, 4.69) is 53.3 Å². The maximum atomic E-state index is 13.9. The normalized spacial score (nSPS) is 9.79. The van der Waals surface area contributed by atoms with Gasteiger partial charge in [-0.1, -0.05) is 55.3 Å². The van der Waals surface area contributed by atoms with Gasteiger partial charge >= 0.3 is 0 Å². The fourth-order valence-electron chi connectivity index (χ4n) is 2.27. The first-order valence-electron chi connectivity index (χ1n) is 7.82. The third-order valence-electron chi connectivity index (χ3n) is 3.55. The summed E-state index contributed by atoms with van der Waals surface area (Å²) in [4.78, 5) is 3.62. The van der Waals surface area contributed by atoms with Crippen LogP contribution in [0.5, 0.6) is 0 Å². The van der Waals surface area contributed by atoms with Gasteiger partial charge in [0.2, 0.25) is 0 Å². The van der Waals surface area contributed by atoms with Crippen LogP contribution in [-0.2, 0) is 6.42 Å². The lowest BCUT2D eigenvalue weighted by atomic mass is 10.1. The van der Waals surface area contributed by atoms with Gasteiger partial charge in [-0.2, -0.15) is 4.99 Å². The summed E-state index contributed by atoms with van der Waals surface area (Å²) in [6.07, 6.45) is 4.76. The third-order valence-corrected chi connectivity index (χ3v) is 3.93. The molecule has 0 aliphatic heterocycles. The van der Waals surface area contributed by atoms with E-state index in [1.165, 1.54) is 30.9 Å². The SMILES string of the molecule is CCCCCc1ccc(C#Cc2cc(F)c(N=C=S)c(Cl)c2)cc1. The molecule has 0 atom stereocenters. The molecule has 122 valence electrons. The van der Waals surface area contributed by atoms with Crippen molar-refractivity contribution < 1.29 is 4.39 Å². The molecule has 0 heterocycles. The predicted molar refractivity (Wildman–Crippen MR) is 102 cm³/mol. The average molecular weight is 358 g/mol. The molecule has 0 N–H and O–H groups in total. The lowest BCUT2D eigenvalue weighted by molar-refractivity contribution is 0.630. The minimum atomic E-state index is -0.560. The van der Waals surface area contributed by atoms with Gasteiger partial charge in [-0.25, -0.2) is 4.39 Å². The molecule has 0 fully saturated rings. The molecule has 0 amide bonds. The maximum Gasteiger partial charge on any atom is 0.152 e. The third kappa shape index (κ3) is 5.28. The minimum Gasteiger partial charge on any atom is -0.204 e. The molecule has 0 spiro atoms. The summed E-state index contributed by atoms with van der Waals surface area (Å²) in [6.45, 7) is 2.20. The highest BCUT2D eigenvalue weighted by Crippen LogP contribution is 2.29. The number of nitrogens with zero attached hydrogens (tertiary/aromatic N) is 1. The number of aryl methyl sites for hydroxylation is 1. The maximum absolute atomic E-state index is 13.9. The van der Waals surface area contributed by atoms with Crippen molar-refractivity contribution >= 4 is 34.7 Å². The number of rotatable bonds is 5. The van der Waals surface area contributed by atoms with Crippen LogP contribution in [0.3, 0.4) is 0 Å². The van der Waals surface area contributed by atoms with E-state index < -0.39 is 5.82 Å². The Balaban J connectivity index is 2.13. The van der Waals surface area contributed by atoms with E-state index in [-0.39, 0.29) is 10.7 Å². The number of thiocarbonyl (C=S) groups is 1. The fourth-order valence-corrected chi connectivity index (χ4v) is 2.61. The van der Waals surface area contributed by atoms with Crippen molar-refractivity contribution in [3.05, 3.63) is 63.9 Å². The van der Waals surface area contributed by atoms with Crippen LogP contribution in [0.2, 0.25) is 5.02 Å². The first-order chi connectivity index (χ1) is 11.6. The molecule has 2 aromatic rings. The molecular weight excluding hydrogens is 341 g/mol. The van der Waals surface area contributed by atoms with Gasteiger partial charge in [0, 0.05) is 11.1 Å². The Bertz CT molecular complexity index is 789. The highest BCUT2D eigenvalue weighted by Gasteiger charge is 2.07. The highest BCUT2D eigenvalue weighted by atomic mass is 35.5. The van der Waals surface area contributed by atoms with Crippen molar-refractivity contribution in [3.63, 3.8) is 0 Å². The molecule has 4 heteroatoms. The number of halogens is 2. The standard InChI is InChI=1S/C20H17ClFNS/c1-2-3-4-5-15-6-8-16(9-7-15)10-11-17-12-18(21)20(23-14-24)19(22)13-17/h6-9,12-13H,2-5H2,1H3. The van der Waals surface area contributed by atoms with Crippen molar-refractivity contribution in [3.8, 4) is 11.8 Å². The summed E-state index contributed by atoms with van der Waals surface area (Å²) in [7, 11) is 0. The van der Waals surface area contributed by atoms with Gasteiger partial charge in [-0.3, -0.25) is 0 Å². The van der Waals surface area contributed by atoms with Crippen LogP contribution >= 0.6 is 23.8 Å². The largest absolute Gasteiger partial charge is 0.204 e. The Hall–Kier alpha value is -1.98. The first kappa shape index (κ1) is 18.4. The molecule has 0 unspecified atom stereocenters. The number of hydrogen-bond donors (Lipinski definition) is 0. The first-order valence-corrected chi connectivity index (χ1v) is 8.60. The van der Waals surface area contributed by atoms with Gasteiger partial charge in [0.25, 0.3) is 0 Å². The molecule has 0 bridgehead atoms. The molecule has 0 aromatic heterocycles. The second kappa shape index (κ2) is 9.35. The smallest absolute Gasteiger partial charge is 0.152 e. The van der Waals surface area contributed by atoms with Crippen molar-refractivity contribution in [1.82, 2.24) is 0 Å². The summed E-state index contributed by atoms with van der Waals surface area (Å²) in [6, 6.07) is 11.0. The van der Waals surface area contributed by atoms with E-state index in [1.54, 1.807) is 6.07 Å². The minimum absolute atomic E-state index is 0.00588. The van der Waals surface area contributed by atoms with Crippen molar-refractivity contribution in [1.29, 1.82) is 0 Å². The number of isothiocyanates is 1. The summed E-state index contributed by atoms with van der Waals surface area (Å²) >= 11 is 10.5. The topological polar surface area (TPSA) is 12.4 Å². The second-order valence-electron chi connectivity index (χ2n) is 5.40. The monoisotopic (exact) mass is 357 g/mol. The van der Waals surface area contributed by atoms with Gasteiger partial charge < -0.3 is 0 Å². The highest BCUT2D eigenvalue weighted by molar-refractivity contribution is 7.78. The molecule has 0 saturated heterocycles. The fraction of sp³-hybridized carbons (Fsp3) is 0.250. The van der Waals surface area contributed by atoms with E-state index >= 15 is 0 Å². The molecule has 0 aliphatic rings. The molecule has 2 aromatic carbocycles. The van der Waals surface area contributed by atoms with E-state index in [4.69, 9.17) is 11.6 Å². The van der Waals surface area contributed by atoms with Gasteiger partial charge in [-0.15, -0.1) is 0 Å². The zero-order valence-corrected chi connectivity index (χ0v) is 15.0. The van der Waals surface area contributed by atoms with Crippen LogP contribution in [-0.4, -0.2) is 5.16 Å². The quantitative estimate of drug-likeness (QED) is 0.263. The Morgan fingerprint density at radius 1 is 1.08 bits per heavy atom. The van der Waals surface area contributed by atoms with Crippen LogP contribution < -0.4 is 0 Å². The Labute approximate surface area is 152 Å². The number of hydrogen-bond acceptors (Lipinski definition) is 2. The summed E-state index contributed by atoms with van der Waals surface area (Å²) in [5, 5.41) is 2.28. The molecule has 24 heavy (non-hydrogen) atoms. The van der Waals surface area contributed by atoms with Gasteiger partial charge in [0.1, 0.15) is 5.69 Å². The molecule has 2 rings (SSSR count). The lowest BCUT2D eigenvalue weighted by Gasteiger charge is -2.01.